The molecule has 0 radical (unpaired) electrons. The molecule has 0 saturated heterocycles. The van der Waals surface area contributed by atoms with Crippen molar-refractivity contribution in [1.29, 1.82) is 0 Å². The fraction of sp³-hybridized carbons (Fsp3) is 0.200. The number of rotatable bonds is 4. The molecule has 9 heteroatoms. The highest BCUT2D eigenvalue weighted by atomic mass is 35.5. The van der Waals surface area contributed by atoms with E-state index in [1.807, 2.05) is 6.07 Å². The van der Waals surface area contributed by atoms with Gasteiger partial charge in [0.05, 0.1) is 0 Å². The van der Waals surface area contributed by atoms with Gasteiger partial charge in [0.2, 0.25) is 11.7 Å². The first-order valence-corrected chi connectivity index (χ1v) is 9.42. The van der Waals surface area contributed by atoms with E-state index in [-0.39, 0.29) is 17.5 Å². The van der Waals surface area contributed by atoms with E-state index in [4.69, 9.17) is 11.6 Å². The van der Waals surface area contributed by atoms with Crippen molar-refractivity contribution in [2.75, 3.05) is 5.32 Å². The number of nitrogens with one attached hydrogen (secondary N) is 3. The molecule has 2 aromatic carbocycles. The fourth-order valence-corrected chi connectivity index (χ4v) is 3.39. The molecule has 1 aromatic heterocycles. The van der Waals surface area contributed by atoms with Crippen molar-refractivity contribution in [3.8, 4) is 0 Å². The standard InChI is InChI=1S/C20H17ClFN5O2/c21-13-6-4-12-5-7-15(19(28)24-16(12)10-13)23-20(29)18-25-17(26-27-18)9-11-2-1-3-14(22)8-11/h1-4,6,8,10,15H,5,7,9H2,(H,23,29)(H,24,28)(H,25,26,27). The third-order valence-corrected chi connectivity index (χ3v) is 4.90. The summed E-state index contributed by atoms with van der Waals surface area (Å²) >= 11 is 5.99. The number of fused-ring (bicyclic) bond motifs is 1. The van der Waals surface area contributed by atoms with E-state index in [1.54, 1.807) is 24.3 Å². The van der Waals surface area contributed by atoms with E-state index in [0.717, 1.165) is 5.56 Å². The Kier molecular flexibility index (Phi) is 5.26. The molecule has 2 heterocycles. The van der Waals surface area contributed by atoms with Crippen molar-refractivity contribution in [1.82, 2.24) is 20.5 Å². The first-order valence-electron chi connectivity index (χ1n) is 9.04. The van der Waals surface area contributed by atoms with Gasteiger partial charge in [0.15, 0.2) is 0 Å². The Morgan fingerprint density at radius 2 is 2.10 bits per heavy atom. The van der Waals surface area contributed by atoms with Crippen molar-refractivity contribution in [2.45, 2.75) is 25.3 Å². The van der Waals surface area contributed by atoms with Crippen LogP contribution >= 0.6 is 11.6 Å². The van der Waals surface area contributed by atoms with E-state index >= 15 is 0 Å². The third-order valence-electron chi connectivity index (χ3n) is 4.66. The van der Waals surface area contributed by atoms with Gasteiger partial charge in [-0.05, 0) is 48.2 Å². The van der Waals surface area contributed by atoms with E-state index in [1.165, 1.54) is 12.1 Å². The Balaban J connectivity index is 1.42. The molecule has 148 valence electrons. The van der Waals surface area contributed by atoms with Crippen LogP contribution in [-0.2, 0) is 17.6 Å². The van der Waals surface area contributed by atoms with Crippen molar-refractivity contribution in [3.05, 3.63) is 76.1 Å². The molecular formula is C20H17ClFN5O2. The molecule has 1 unspecified atom stereocenters. The first kappa shape index (κ1) is 19.1. The highest BCUT2D eigenvalue weighted by molar-refractivity contribution is 6.31. The fourth-order valence-electron chi connectivity index (χ4n) is 3.22. The van der Waals surface area contributed by atoms with Crippen molar-refractivity contribution >= 4 is 29.1 Å². The van der Waals surface area contributed by atoms with Crippen molar-refractivity contribution in [3.63, 3.8) is 0 Å². The molecule has 1 aliphatic rings. The summed E-state index contributed by atoms with van der Waals surface area (Å²) in [6, 6.07) is 10.7. The van der Waals surface area contributed by atoms with Gasteiger partial charge >= 0.3 is 0 Å². The van der Waals surface area contributed by atoms with Gasteiger partial charge in [0.1, 0.15) is 17.7 Å². The Bertz CT molecular complexity index is 1080. The van der Waals surface area contributed by atoms with Crippen molar-refractivity contribution < 1.29 is 14.0 Å². The van der Waals surface area contributed by atoms with Crippen LogP contribution in [0.1, 0.15) is 34.0 Å². The number of carbonyl (C=O) groups excluding carboxylic acids is 2. The van der Waals surface area contributed by atoms with Crippen molar-refractivity contribution in [2.24, 2.45) is 0 Å². The smallest absolute Gasteiger partial charge is 0.289 e. The zero-order chi connectivity index (χ0) is 20.4. The second-order valence-electron chi connectivity index (χ2n) is 6.78. The minimum absolute atomic E-state index is 0.00555. The molecule has 7 nitrogen and oxygen atoms in total. The predicted octanol–water partition coefficient (Wildman–Crippen LogP) is 2.87. The summed E-state index contributed by atoms with van der Waals surface area (Å²) in [5.74, 6) is -0.783. The quantitative estimate of drug-likeness (QED) is 0.612. The van der Waals surface area contributed by atoms with E-state index < -0.39 is 11.9 Å². The summed E-state index contributed by atoms with van der Waals surface area (Å²) in [5.41, 5.74) is 2.31. The number of aromatic nitrogens is 3. The number of hydrogen-bond acceptors (Lipinski definition) is 4. The van der Waals surface area contributed by atoms with Crippen LogP contribution < -0.4 is 10.6 Å². The largest absolute Gasteiger partial charge is 0.337 e. The summed E-state index contributed by atoms with van der Waals surface area (Å²) < 4.78 is 13.3. The minimum Gasteiger partial charge on any atom is -0.337 e. The summed E-state index contributed by atoms with van der Waals surface area (Å²) in [6.07, 6.45) is 1.35. The average molecular weight is 414 g/mol. The van der Waals surface area contributed by atoms with Gasteiger partial charge in [-0.1, -0.05) is 29.8 Å². The molecular weight excluding hydrogens is 397 g/mol. The van der Waals surface area contributed by atoms with Crippen LogP contribution in [0.3, 0.4) is 0 Å². The highest BCUT2D eigenvalue weighted by Gasteiger charge is 2.26. The Labute approximate surface area is 170 Å². The maximum Gasteiger partial charge on any atom is 0.289 e. The monoisotopic (exact) mass is 413 g/mol. The molecule has 0 bridgehead atoms. The molecule has 0 aliphatic carbocycles. The number of benzene rings is 2. The SMILES string of the molecule is O=C(NC1CCc2ccc(Cl)cc2NC1=O)c1nnc(Cc2cccc(F)c2)[nH]1. The van der Waals surface area contributed by atoms with Crippen LogP contribution in [0.25, 0.3) is 0 Å². The molecule has 3 N–H and O–H groups in total. The number of hydrogen-bond donors (Lipinski definition) is 3. The zero-order valence-electron chi connectivity index (χ0n) is 15.2. The molecule has 0 saturated carbocycles. The second-order valence-corrected chi connectivity index (χ2v) is 7.22. The number of carbonyl (C=O) groups is 2. The lowest BCUT2D eigenvalue weighted by atomic mass is 10.1. The Morgan fingerprint density at radius 1 is 1.24 bits per heavy atom. The van der Waals surface area contributed by atoms with Gasteiger partial charge in [0, 0.05) is 17.1 Å². The molecule has 1 aliphatic heterocycles. The molecule has 3 aromatic rings. The number of halogens is 2. The van der Waals surface area contributed by atoms with Crippen LogP contribution in [0.15, 0.2) is 42.5 Å². The summed E-state index contributed by atoms with van der Waals surface area (Å²) in [5, 5.41) is 13.8. The molecule has 1 atom stereocenters. The molecule has 29 heavy (non-hydrogen) atoms. The van der Waals surface area contributed by atoms with E-state index in [0.29, 0.717) is 41.4 Å². The molecule has 0 spiro atoms. The molecule has 4 rings (SSSR count). The van der Waals surface area contributed by atoms with Gasteiger partial charge < -0.3 is 15.6 Å². The summed E-state index contributed by atoms with van der Waals surface area (Å²) in [4.78, 5) is 27.8. The summed E-state index contributed by atoms with van der Waals surface area (Å²) in [6.45, 7) is 0. The predicted molar refractivity (Wildman–Crippen MR) is 105 cm³/mol. The minimum atomic E-state index is -0.717. The number of amides is 2. The van der Waals surface area contributed by atoms with Gasteiger partial charge in [-0.15, -0.1) is 10.2 Å². The summed E-state index contributed by atoms with van der Waals surface area (Å²) in [7, 11) is 0. The lowest BCUT2D eigenvalue weighted by Crippen LogP contribution is -2.43. The van der Waals surface area contributed by atoms with Gasteiger partial charge in [0.25, 0.3) is 5.91 Å². The zero-order valence-corrected chi connectivity index (χ0v) is 16.0. The van der Waals surface area contributed by atoms with Gasteiger partial charge in [-0.3, -0.25) is 9.59 Å². The van der Waals surface area contributed by atoms with Crippen LogP contribution in [0.4, 0.5) is 10.1 Å². The maximum absolute atomic E-state index is 13.3. The number of anilines is 1. The second kappa shape index (κ2) is 8.00. The van der Waals surface area contributed by atoms with E-state index in [2.05, 4.69) is 25.8 Å². The lowest BCUT2D eigenvalue weighted by Gasteiger charge is -2.14. The van der Waals surface area contributed by atoms with Crippen LogP contribution in [0.2, 0.25) is 5.02 Å². The van der Waals surface area contributed by atoms with Gasteiger partial charge in [-0.25, -0.2) is 4.39 Å². The Morgan fingerprint density at radius 3 is 2.93 bits per heavy atom. The Hall–Kier alpha value is -3.26. The van der Waals surface area contributed by atoms with Crippen LogP contribution in [-0.4, -0.2) is 33.0 Å². The first-order chi connectivity index (χ1) is 14.0. The number of H-pyrrole nitrogens is 1. The number of nitrogens with zero attached hydrogens (tertiary/aromatic N) is 2. The molecule has 0 fully saturated rings. The average Bonchev–Trinajstić information content (AvgIpc) is 3.08. The number of aryl methyl sites for hydroxylation is 1. The van der Waals surface area contributed by atoms with E-state index in [9.17, 15) is 14.0 Å². The number of aromatic amines is 1. The maximum atomic E-state index is 13.3. The third kappa shape index (κ3) is 4.43. The highest BCUT2D eigenvalue weighted by Crippen LogP contribution is 2.25. The normalized spacial score (nSPS) is 15.9. The van der Waals surface area contributed by atoms with Crippen LogP contribution in [0, 0.1) is 5.82 Å². The topological polar surface area (TPSA) is 99.8 Å². The van der Waals surface area contributed by atoms with Crippen LogP contribution in [0.5, 0.6) is 0 Å². The molecule has 2 amide bonds. The lowest BCUT2D eigenvalue weighted by molar-refractivity contribution is -0.118. The van der Waals surface area contributed by atoms with Gasteiger partial charge in [-0.2, -0.15) is 0 Å².